The van der Waals surface area contributed by atoms with E-state index < -0.39 is 0 Å². The van der Waals surface area contributed by atoms with E-state index in [1.807, 2.05) is 44.2 Å². The molecule has 0 amide bonds. The quantitative estimate of drug-likeness (QED) is 0.803. The van der Waals surface area contributed by atoms with Crippen LogP contribution in [0.4, 0.5) is 5.95 Å². The predicted molar refractivity (Wildman–Crippen MR) is 90.6 cm³/mol. The first-order valence-electron chi connectivity index (χ1n) is 7.37. The summed E-state index contributed by atoms with van der Waals surface area (Å²) in [4.78, 5) is 21.4. The topological polar surface area (TPSA) is 83.0 Å². The largest absolute Gasteiger partial charge is 0.496 e. The molecule has 0 saturated heterocycles. The Morgan fingerprint density at radius 2 is 1.96 bits per heavy atom. The van der Waals surface area contributed by atoms with Gasteiger partial charge in [-0.1, -0.05) is 18.2 Å². The van der Waals surface area contributed by atoms with Gasteiger partial charge in [-0.15, -0.1) is 0 Å². The van der Waals surface area contributed by atoms with Crippen LogP contribution < -0.4 is 16.0 Å². The first-order chi connectivity index (χ1) is 11.1. The van der Waals surface area contributed by atoms with Gasteiger partial charge < -0.3 is 10.5 Å². The average Bonchev–Trinajstić information content (AvgIpc) is 2.54. The van der Waals surface area contributed by atoms with E-state index >= 15 is 0 Å². The Labute approximate surface area is 133 Å². The number of methoxy groups -OCH3 is 1. The van der Waals surface area contributed by atoms with Gasteiger partial charge in [0.25, 0.3) is 5.56 Å². The van der Waals surface area contributed by atoms with E-state index in [9.17, 15) is 4.79 Å². The van der Waals surface area contributed by atoms with E-state index in [0.717, 1.165) is 16.6 Å². The van der Waals surface area contributed by atoms with Gasteiger partial charge in [0.2, 0.25) is 5.95 Å². The molecule has 3 rings (SSSR count). The molecule has 0 fully saturated rings. The Bertz CT molecular complexity index is 947. The molecule has 118 valence electrons. The molecular formula is C17H18N4O2. The van der Waals surface area contributed by atoms with E-state index in [2.05, 4.69) is 9.97 Å². The van der Waals surface area contributed by atoms with Crippen LogP contribution in [0.25, 0.3) is 22.2 Å². The predicted octanol–water partition coefficient (Wildman–Crippen LogP) is 2.38. The third-order valence-electron chi connectivity index (χ3n) is 3.87. The molecule has 0 saturated carbocycles. The zero-order valence-corrected chi connectivity index (χ0v) is 13.3. The van der Waals surface area contributed by atoms with Crippen molar-refractivity contribution in [1.82, 2.24) is 14.5 Å². The fourth-order valence-corrected chi connectivity index (χ4v) is 2.76. The Hall–Kier alpha value is -2.89. The number of aromatic nitrogens is 3. The third-order valence-corrected chi connectivity index (χ3v) is 3.87. The lowest BCUT2D eigenvalue weighted by atomic mass is 10.0. The number of para-hydroxylation sites is 1. The monoisotopic (exact) mass is 310 g/mol. The number of aryl methyl sites for hydroxylation is 2. The first-order valence-corrected chi connectivity index (χ1v) is 7.37. The number of nitrogens with zero attached hydrogens (tertiary/aromatic N) is 3. The first kappa shape index (κ1) is 15.0. The summed E-state index contributed by atoms with van der Waals surface area (Å²) in [7, 11) is 1.59. The SMILES string of the molecule is CCn1c(=O)c(-c2ccccc2OC)cc2c(C)nc(N)nc21. The van der Waals surface area contributed by atoms with Gasteiger partial charge in [0.05, 0.1) is 18.4 Å². The fraction of sp³-hybridized carbons (Fsp3) is 0.235. The lowest BCUT2D eigenvalue weighted by Crippen LogP contribution is -2.23. The highest BCUT2D eigenvalue weighted by Crippen LogP contribution is 2.29. The van der Waals surface area contributed by atoms with Crippen molar-refractivity contribution in [2.75, 3.05) is 12.8 Å². The van der Waals surface area contributed by atoms with Crippen LogP contribution in [0.15, 0.2) is 35.1 Å². The summed E-state index contributed by atoms with van der Waals surface area (Å²) >= 11 is 0. The van der Waals surface area contributed by atoms with Gasteiger partial charge in [0.15, 0.2) is 0 Å². The van der Waals surface area contributed by atoms with Crippen LogP contribution in [-0.4, -0.2) is 21.6 Å². The van der Waals surface area contributed by atoms with Gasteiger partial charge in [0, 0.05) is 17.5 Å². The van der Waals surface area contributed by atoms with Crippen molar-refractivity contribution in [1.29, 1.82) is 0 Å². The number of benzene rings is 1. The average molecular weight is 310 g/mol. The van der Waals surface area contributed by atoms with Crippen molar-refractivity contribution >= 4 is 17.0 Å². The lowest BCUT2D eigenvalue weighted by Gasteiger charge is -2.14. The molecule has 6 nitrogen and oxygen atoms in total. The molecule has 1 aromatic carbocycles. The highest BCUT2D eigenvalue weighted by atomic mass is 16.5. The van der Waals surface area contributed by atoms with Crippen molar-refractivity contribution in [2.24, 2.45) is 0 Å². The van der Waals surface area contributed by atoms with Crippen LogP contribution >= 0.6 is 0 Å². The van der Waals surface area contributed by atoms with Crippen LogP contribution in [0.1, 0.15) is 12.6 Å². The van der Waals surface area contributed by atoms with Crippen molar-refractivity contribution in [3.63, 3.8) is 0 Å². The summed E-state index contributed by atoms with van der Waals surface area (Å²) < 4.78 is 7.00. The van der Waals surface area contributed by atoms with E-state index in [4.69, 9.17) is 10.5 Å². The number of rotatable bonds is 3. The summed E-state index contributed by atoms with van der Waals surface area (Å²) in [6.45, 7) is 4.26. The molecule has 0 aliphatic heterocycles. The zero-order chi connectivity index (χ0) is 16.6. The third kappa shape index (κ3) is 2.42. The van der Waals surface area contributed by atoms with Crippen molar-refractivity contribution in [2.45, 2.75) is 20.4 Å². The molecule has 6 heteroatoms. The van der Waals surface area contributed by atoms with Crippen LogP contribution in [0.3, 0.4) is 0 Å². The van der Waals surface area contributed by atoms with E-state index in [1.54, 1.807) is 11.7 Å². The van der Waals surface area contributed by atoms with Gasteiger partial charge in [-0.2, -0.15) is 4.98 Å². The molecule has 23 heavy (non-hydrogen) atoms. The number of ether oxygens (including phenoxy) is 1. The van der Waals surface area contributed by atoms with Gasteiger partial charge in [0.1, 0.15) is 11.4 Å². The van der Waals surface area contributed by atoms with Gasteiger partial charge in [-0.3, -0.25) is 9.36 Å². The highest BCUT2D eigenvalue weighted by molar-refractivity contribution is 5.85. The van der Waals surface area contributed by atoms with E-state index in [0.29, 0.717) is 23.5 Å². The molecule has 0 aliphatic carbocycles. The number of hydrogen-bond acceptors (Lipinski definition) is 5. The molecule has 3 aromatic rings. The molecule has 0 spiro atoms. The Morgan fingerprint density at radius 1 is 1.22 bits per heavy atom. The normalized spacial score (nSPS) is 10.9. The zero-order valence-electron chi connectivity index (χ0n) is 13.3. The number of nitrogens with two attached hydrogens (primary N) is 1. The van der Waals surface area contributed by atoms with E-state index in [1.165, 1.54) is 0 Å². The fourth-order valence-electron chi connectivity index (χ4n) is 2.76. The molecule has 2 N–H and O–H groups in total. The summed E-state index contributed by atoms with van der Waals surface area (Å²) in [5.74, 6) is 0.822. The molecule has 2 aromatic heterocycles. The van der Waals surface area contributed by atoms with Gasteiger partial charge in [-0.25, -0.2) is 4.98 Å². The summed E-state index contributed by atoms with van der Waals surface area (Å²) in [5.41, 5.74) is 8.22. The number of hydrogen-bond donors (Lipinski definition) is 1. The van der Waals surface area contributed by atoms with Crippen molar-refractivity contribution < 1.29 is 4.74 Å². The van der Waals surface area contributed by atoms with Gasteiger partial charge >= 0.3 is 0 Å². The van der Waals surface area contributed by atoms with Crippen LogP contribution in [0, 0.1) is 6.92 Å². The molecule has 0 bridgehead atoms. The minimum absolute atomic E-state index is 0.123. The smallest absolute Gasteiger partial charge is 0.260 e. The maximum atomic E-state index is 12.9. The second-order valence-electron chi connectivity index (χ2n) is 5.21. The minimum atomic E-state index is -0.123. The molecule has 0 atom stereocenters. The molecule has 0 unspecified atom stereocenters. The van der Waals surface area contributed by atoms with Gasteiger partial charge in [-0.05, 0) is 26.0 Å². The maximum absolute atomic E-state index is 12.9. The number of nitrogen functional groups attached to an aromatic ring is 1. The molecule has 2 heterocycles. The van der Waals surface area contributed by atoms with Crippen LogP contribution in [0.5, 0.6) is 5.75 Å². The van der Waals surface area contributed by atoms with Crippen LogP contribution in [0.2, 0.25) is 0 Å². The number of fused-ring (bicyclic) bond motifs is 1. The number of pyridine rings is 1. The van der Waals surface area contributed by atoms with E-state index in [-0.39, 0.29) is 11.5 Å². The Morgan fingerprint density at radius 3 is 2.65 bits per heavy atom. The standard InChI is InChI=1S/C17H18N4O2/c1-4-21-15-12(10(2)19-17(18)20-15)9-13(16(21)22)11-7-5-6-8-14(11)23-3/h5-9H,4H2,1-3H3,(H2,18,19,20). The van der Waals surface area contributed by atoms with Crippen molar-refractivity contribution in [3.8, 4) is 16.9 Å². The molecule has 0 radical (unpaired) electrons. The Balaban J connectivity index is 2.44. The molecular weight excluding hydrogens is 292 g/mol. The second kappa shape index (κ2) is 5.72. The highest BCUT2D eigenvalue weighted by Gasteiger charge is 2.16. The summed E-state index contributed by atoms with van der Waals surface area (Å²) in [5, 5.41) is 0.807. The number of anilines is 1. The lowest BCUT2D eigenvalue weighted by molar-refractivity contribution is 0.416. The summed E-state index contributed by atoms with van der Waals surface area (Å²) in [6, 6.07) is 9.27. The molecule has 0 aliphatic rings. The van der Waals surface area contributed by atoms with Crippen LogP contribution in [-0.2, 0) is 6.54 Å². The Kier molecular flexibility index (Phi) is 3.73. The maximum Gasteiger partial charge on any atom is 0.260 e. The van der Waals surface area contributed by atoms with Crippen molar-refractivity contribution in [3.05, 3.63) is 46.4 Å². The summed E-state index contributed by atoms with van der Waals surface area (Å²) in [6.07, 6.45) is 0. The second-order valence-corrected chi connectivity index (χ2v) is 5.21. The minimum Gasteiger partial charge on any atom is -0.496 e.